The fraction of sp³-hybridized carbons (Fsp3) is 0.125. The monoisotopic (exact) mass is 408 g/mol. The summed E-state index contributed by atoms with van der Waals surface area (Å²) in [6.45, 7) is 0. The highest BCUT2D eigenvalue weighted by atomic mass is 127. The van der Waals surface area contributed by atoms with E-state index in [-0.39, 0.29) is 0 Å². The van der Waals surface area contributed by atoms with E-state index in [1.165, 1.54) is 0 Å². The van der Waals surface area contributed by atoms with Crippen LogP contribution in [0.25, 0.3) is 22.8 Å². The lowest BCUT2D eigenvalue weighted by molar-refractivity contribution is 0.355. The van der Waals surface area contributed by atoms with Gasteiger partial charge < -0.3 is 14.0 Å². The number of hydrogen-bond acceptors (Lipinski definition) is 5. The number of methoxy groups -OCH3 is 2. The third kappa shape index (κ3) is 2.92. The van der Waals surface area contributed by atoms with E-state index in [4.69, 9.17) is 14.0 Å². The van der Waals surface area contributed by atoms with Gasteiger partial charge in [-0.2, -0.15) is 4.98 Å². The molecule has 0 amide bonds. The van der Waals surface area contributed by atoms with Crippen molar-refractivity contribution < 1.29 is 14.0 Å². The van der Waals surface area contributed by atoms with Crippen molar-refractivity contribution in [2.45, 2.75) is 0 Å². The van der Waals surface area contributed by atoms with E-state index in [9.17, 15) is 0 Å². The number of aromatic nitrogens is 2. The van der Waals surface area contributed by atoms with Crippen LogP contribution in [-0.2, 0) is 0 Å². The van der Waals surface area contributed by atoms with Crippen molar-refractivity contribution in [2.24, 2.45) is 0 Å². The second-order valence-corrected chi connectivity index (χ2v) is 5.75. The zero-order chi connectivity index (χ0) is 15.5. The predicted molar refractivity (Wildman–Crippen MR) is 91.0 cm³/mol. The summed E-state index contributed by atoms with van der Waals surface area (Å²) < 4.78 is 17.0. The van der Waals surface area contributed by atoms with E-state index < -0.39 is 0 Å². The Bertz CT molecular complexity index is 784. The van der Waals surface area contributed by atoms with Crippen molar-refractivity contribution in [1.82, 2.24) is 10.1 Å². The first-order valence-electron chi connectivity index (χ1n) is 6.53. The Hall–Kier alpha value is -2.09. The van der Waals surface area contributed by atoms with Crippen molar-refractivity contribution in [1.29, 1.82) is 0 Å². The Balaban J connectivity index is 1.95. The van der Waals surface area contributed by atoms with Crippen molar-refractivity contribution in [3.8, 4) is 34.3 Å². The smallest absolute Gasteiger partial charge is 0.258 e. The van der Waals surface area contributed by atoms with Gasteiger partial charge in [-0.05, 0) is 65.1 Å². The molecule has 3 aromatic rings. The van der Waals surface area contributed by atoms with Gasteiger partial charge in [0.1, 0.15) is 0 Å². The predicted octanol–water partition coefficient (Wildman–Crippen LogP) is 4.03. The van der Waals surface area contributed by atoms with Gasteiger partial charge in [-0.15, -0.1) is 0 Å². The molecule has 6 heteroatoms. The highest BCUT2D eigenvalue weighted by Crippen LogP contribution is 2.32. The van der Waals surface area contributed by atoms with Crippen LogP contribution in [0.1, 0.15) is 0 Å². The zero-order valence-corrected chi connectivity index (χ0v) is 14.2. The minimum absolute atomic E-state index is 0.487. The summed E-state index contributed by atoms with van der Waals surface area (Å²) in [6, 6.07) is 13.4. The Morgan fingerprint density at radius 2 is 1.59 bits per heavy atom. The average Bonchev–Trinajstić information content (AvgIpc) is 3.05. The fourth-order valence-electron chi connectivity index (χ4n) is 2.03. The van der Waals surface area contributed by atoms with Gasteiger partial charge in [0.05, 0.1) is 14.2 Å². The molecule has 0 bridgehead atoms. The van der Waals surface area contributed by atoms with Crippen molar-refractivity contribution in [2.75, 3.05) is 14.2 Å². The number of ether oxygens (including phenoxy) is 2. The first kappa shape index (κ1) is 14.8. The lowest BCUT2D eigenvalue weighted by Crippen LogP contribution is -1.91. The molecule has 112 valence electrons. The molecule has 0 saturated heterocycles. The lowest BCUT2D eigenvalue weighted by atomic mass is 10.2. The minimum Gasteiger partial charge on any atom is -0.493 e. The molecular weight excluding hydrogens is 395 g/mol. The van der Waals surface area contributed by atoms with Gasteiger partial charge in [0.15, 0.2) is 11.5 Å². The van der Waals surface area contributed by atoms with Crippen LogP contribution in [0.4, 0.5) is 0 Å². The maximum absolute atomic E-state index is 5.34. The number of benzene rings is 2. The number of nitrogens with zero attached hydrogens (tertiary/aromatic N) is 2. The Morgan fingerprint density at radius 3 is 2.27 bits per heavy atom. The van der Waals surface area contributed by atoms with Crippen molar-refractivity contribution in [3.05, 3.63) is 46.0 Å². The van der Waals surface area contributed by atoms with Crippen LogP contribution in [0.2, 0.25) is 0 Å². The molecular formula is C16H13IN2O3. The molecule has 1 heterocycles. The quantitative estimate of drug-likeness (QED) is 0.611. The molecule has 1 aromatic heterocycles. The van der Waals surface area contributed by atoms with E-state index in [0.717, 1.165) is 14.7 Å². The molecule has 0 spiro atoms. The topological polar surface area (TPSA) is 57.4 Å². The third-order valence-corrected chi connectivity index (χ3v) is 3.88. The normalized spacial score (nSPS) is 10.5. The Kier molecular flexibility index (Phi) is 4.28. The van der Waals surface area contributed by atoms with E-state index in [1.54, 1.807) is 14.2 Å². The first-order valence-corrected chi connectivity index (χ1v) is 7.61. The first-order chi connectivity index (χ1) is 10.7. The van der Waals surface area contributed by atoms with Crippen LogP contribution in [-0.4, -0.2) is 24.4 Å². The summed E-state index contributed by atoms with van der Waals surface area (Å²) in [4.78, 5) is 4.43. The van der Waals surface area contributed by atoms with E-state index >= 15 is 0 Å². The lowest BCUT2D eigenvalue weighted by Gasteiger charge is -2.07. The van der Waals surface area contributed by atoms with E-state index in [0.29, 0.717) is 23.2 Å². The van der Waals surface area contributed by atoms with Gasteiger partial charge in [-0.1, -0.05) is 5.16 Å². The van der Waals surface area contributed by atoms with Crippen molar-refractivity contribution in [3.63, 3.8) is 0 Å². The molecule has 0 radical (unpaired) electrons. The summed E-state index contributed by atoms with van der Waals surface area (Å²) >= 11 is 2.25. The van der Waals surface area contributed by atoms with Crippen LogP contribution in [0.3, 0.4) is 0 Å². The number of hydrogen-bond donors (Lipinski definition) is 0. The second-order valence-electron chi connectivity index (χ2n) is 4.50. The SMILES string of the molecule is COc1ccc(-c2noc(-c3ccc(I)cc3)n2)cc1OC. The molecule has 0 fully saturated rings. The Morgan fingerprint density at radius 1 is 0.909 bits per heavy atom. The van der Waals surface area contributed by atoms with Gasteiger partial charge in [-0.25, -0.2) is 0 Å². The molecule has 0 aliphatic carbocycles. The van der Waals surface area contributed by atoms with Crippen LogP contribution in [0.5, 0.6) is 11.5 Å². The second kappa shape index (κ2) is 6.35. The molecule has 0 aliphatic rings. The maximum Gasteiger partial charge on any atom is 0.258 e. The molecule has 0 aliphatic heterocycles. The maximum atomic E-state index is 5.34. The third-order valence-electron chi connectivity index (χ3n) is 3.16. The molecule has 3 rings (SSSR count). The number of halogens is 1. The van der Waals surface area contributed by atoms with Gasteiger partial charge in [0.25, 0.3) is 5.89 Å². The standard InChI is InChI=1S/C16H13IN2O3/c1-20-13-8-5-11(9-14(13)21-2)15-18-16(22-19-15)10-3-6-12(17)7-4-10/h3-9H,1-2H3. The largest absolute Gasteiger partial charge is 0.493 e. The summed E-state index contributed by atoms with van der Waals surface area (Å²) in [5.41, 5.74) is 1.69. The van der Waals surface area contributed by atoms with Crippen LogP contribution >= 0.6 is 22.6 Å². The molecule has 0 unspecified atom stereocenters. The van der Waals surface area contributed by atoms with Crippen molar-refractivity contribution >= 4 is 22.6 Å². The van der Waals surface area contributed by atoms with Crippen LogP contribution in [0, 0.1) is 3.57 Å². The molecule has 0 atom stereocenters. The molecule has 2 aromatic carbocycles. The zero-order valence-electron chi connectivity index (χ0n) is 12.0. The fourth-order valence-corrected chi connectivity index (χ4v) is 2.39. The molecule has 0 N–H and O–H groups in total. The van der Waals surface area contributed by atoms with Crippen LogP contribution in [0.15, 0.2) is 47.0 Å². The van der Waals surface area contributed by atoms with E-state index in [2.05, 4.69) is 32.7 Å². The molecule has 5 nitrogen and oxygen atoms in total. The average molecular weight is 408 g/mol. The summed E-state index contributed by atoms with van der Waals surface area (Å²) in [7, 11) is 3.19. The van der Waals surface area contributed by atoms with Crippen LogP contribution < -0.4 is 9.47 Å². The minimum atomic E-state index is 0.487. The Labute approximate surface area is 141 Å². The van der Waals surface area contributed by atoms with Gasteiger partial charge in [0.2, 0.25) is 5.82 Å². The highest BCUT2D eigenvalue weighted by molar-refractivity contribution is 14.1. The van der Waals surface area contributed by atoms with Gasteiger partial charge in [-0.3, -0.25) is 0 Å². The molecule has 0 saturated carbocycles. The number of rotatable bonds is 4. The summed E-state index contributed by atoms with van der Waals surface area (Å²) in [5.74, 6) is 2.28. The highest BCUT2D eigenvalue weighted by Gasteiger charge is 2.13. The van der Waals surface area contributed by atoms with Gasteiger partial charge in [0, 0.05) is 14.7 Å². The van der Waals surface area contributed by atoms with E-state index in [1.807, 2.05) is 42.5 Å². The summed E-state index contributed by atoms with van der Waals surface area (Å²) in [6.07, 6.45) is 0. The van der Waals surface area contributed by atoms with Gasteiger partial charge >= 0.3 is 0 Å². The molecule has 22 heavy (non-hydrogen) atoms. The summed E-state index contributed by atoms with van der Waals surface area (Å²) in [5, 5.41) is 4.03.